The number of hydrogen-bond donors (Lipinski definition) is 0. The standard InChI is InChI=1S/C25H24ClN3O3S2/c1-4-29-23-17(2)14-20(26)15-22(23)33-25(29)27-24(30)19-10-12-21(13-11-19)34(31,32)28(3)16-18-8-6-5-7-9-18/h5-15H,4,16H2,1-3H3. The van der Waals surface area contributed by atoms with Crippen LogP contribution in [0.3, 0.4) is 0 Å². The minimum Gasteiger partial charge on any atom is -0.316 e. The van der Waals surface area contributed by atoms with E-state index >= 15 is 0 Å². The van der Waals surface area contributed by atoms with Gasteiger partial charge in [0, 0.05) is 30.7 Å². The summed E-state index contributed by atoms with van der Waals surface area (Å²) in [7, 11) is -2.16. The summed E-state index contributed by atoms with van der Waals surface area (Å²) in [5.41, 5.74) is 3.23. The van der Waals surface area contributed by atoms with Crippen molar-refractivity contribution in [1.29, 1.82) is 0 Å². The number of hydrogen-bond acceptors (Lipinski definition) is 4. The van der Waals surface area contributed by atoms with Gasteiger partial charge in [-0.3, -0.25) is 4.79 Å². The molecule has 9 heteroatoms. The van der Waals surface area contributed by atoms with E-state index in [9.17, 15) is 13.2 Å². The fourth-order valence-corrected chi connectivity index (χ4v) is 6.49. The maximum Gasteiger partial charge on any atom is 0.279 e. The van der Waals surface area contributed by atoms with Gasteiger partial charge in [-0.15, -0.1) is 0 Å². The van der Waals surface area contributed by atoms with Crippen LogP contribution in [0.1, 0.15) is 28.4 Å². The van der Waals surface area contributed by atoms with Crippen molar-refractivity contribution in [2.45, 2.75) is 31.8 Å². The van der Waals surface area contributed by atoms with Crippen molar-refractivity contribution in [1.82, 2.24) is 8.87 Å². The normalized spacial score (nSPS) is 12.6. The summed E-state index contributed by atoms with van der Waals surface area (Å²) in [5.74, 6) is -0.431. The first kappa shape index (κ1) is 24.3. The van der Waals surface area contributed by atoms with Gasteiger partial charge in [-0.25, -0.2) is 8.42 Å². The molecule has 0 radical (unpaired) electrons. The van der Waals surface area contributed by atoms with E-state index < -0.39 is 15.9 Å². The third-order valence-electron chi connectivity index (χ3n) is 5.50. The van der Waals surface area contributed by atoms with Crippen molar-refractivity contribution in [3.63, 3.8) is 0 Å². The highest BCUT2D eigenvalue weighted by Gasteiger charge is 2.21. The van der Waals surface area contributed by atoms with Crippen LogP contribution in [0.4, 0.5) is 0 Å². The summed E-state index contributed by atoms with van der Waals surface area (Å²) < 4.78 is 30.1. The Kier molecular flexibility index (Phi) is 7.04. The minimum absolute atomic E-state index is 0.123. The van der Waals surface area contributed by atoms with Crippen LogP contribution in [0.15, 0.2) is 76.6 Å². The number of thiazole rings is 1. The van der Waals surface area contributed by atoms with Gasteiger partial charge in [0.2, 0.25) is 10.0 Å². The van der Waals surface area contributed by atoms with E-state index in [-0.39, 0.29) is 11.4 Å². The molecule has 6 nitrogen and oxygen atoms in total. The minimum atomic E-state index is -3.70. The van der Waals surface area contributed by atoms with Crippen molar-refractivity contribution >= 4 is 49.1 Å². The monoisotopic (exact) mass is 513 g/mol. The van der Waals surface area contributed by atoms with Gasteiger partial charge < -0.3 is 4.57 Å². The highest BCUT2D eigenvalue weighted by Crippen LogP contribution is 2.26. The molecule has 0 aliphatic carbocycles. The van der Waals surface area contributed by atoms with Crippen LogP contribution in [-0.4, -0.2) is 30.2 Å². The molecule has 0 saturated heterocycles. The molecule has 0 aliphatic heterocycles. The molecular weight excluding hydrogens is 490 g/mol. The number of aryl methyl sites for hydroxylation is 2. The average Bonchev–Trinajstić information content (AvgIpc) is 3.16. The number of amides is 1. The third kappa shape index (κ3) is 4.86. The van der Waals surface area contributed by atoms with Gasteiger partial charge in [-0.1, -0.05) is 53.3 Å². The molecule has 176 valence electrons. The number of benzene rings is 3. The topological polar surface area (TPSA) is 71.7 Å². The van der Waals surface area contributed by atoms with E-state index in [1.54, 1.807) is 0 Å². The Morgan fingerprint density at radius 3 is 2.41 bits per heavy atom. The fraction of sp³-hybridized carbons (Fsp3) is 0.200. The van der Waals surface area contributed by atoms with E-state index in [2.05, 4.69) is 4.99 Å². The first-order valence-corrected chi connectivity index (χ1v) is 13.3. The Morgan fingerprint density at radius 1 is 1.09 bits per heavy atom. The SMILES string of the molecule is CCn1c(=NC(=O)c2ccc(S(=O)(=O)N(C)Cc3ccccc3)cc2)sc2cc(Cl)cc(C)c21. The molecule has 4 aromatic rings. The summed E-state index contributed by atoms with van der Waals surface area (Å²) in [6.45, 7) is 4.88. The second-order valence-electron chi connectivity index (χ2n) is 7.89. The lowest BCUT2D eigenvalue weighted by molar-refractivity contribution is 0.0997. The largest absolute Gasteiger partial charge is 0.316 e. The Balaban J connectivity index is 1.62. The number of aromatic nitrogens is 1. The first-order chi connectivity index (χ1) is 16.2. The number of carbonyl (C=O) groups excluding carboxylic acids is 1. The van der Waals surface area contributed by atoms with Gasteiger partial charge in [0.05, 0.1) is 15.1 Å². The molecule has 34 heavy (non-hydrogen) atoms. The molecule has 1 amide bonds. The van der Waals surface area contributed by atoms with Crippen LogP contribution >= 0.6 is 22.9 Å². The molecule has 1 aromatic heterocycles. The van der Waals surface area contributed by atoms with Gasteiger partial charge in [0.25, 0.3) is 5.91 Å². The number of nitrogens with zero attached hydrogens (tertiary/aromatic N) is 3. The highest BCUT2D eigenvalue weighted by molar-refractivity contribution is 7.89. The predicted molar refractivity (Wildman–Crippen MR) is 137 cm³/mol. The number of carbonyl (C=O) groups is 1. The molecule has 0 saturated carbocycles. The molecule has 0 aliphatic rings. The molecule has 0 spiro atoms. The molecule has 1 heterocycles. The van der Waals surface area contributed by atoms with E-state index in [0.717, 1.165) is 21.3 Å². The molecule has 0 unspecified atom stereocenters. The molecule has 3 aromatic carbocycles. The second kappa shape index (κ2) is 9.84. The molecule has 4 rings (SSSR count). The summed E-state index contributed by atoms with van der Waals surface area (Å²) >= 11 is 7.60. The summed E-state index contributed by atoms with van der Waals surface area (Å²) in [5, 5.41) is 0.640. The molecule has 0 bridgehead atoms. The summed E-state index contributed by atoms with van der Waals surface area (Å²) in [6.07, 6.45) is 0. The number of halogens is 1. The van der Waals surface area contributed by atoms with E-state index in [1.165, 1.54) is 47.0 Å². The van der Waals surface area contributed by atoms with Gasteiger partial charge in [-0.2, -0.15) is 9.30 Å². The van der Waals surface area contributed by atoms with Gasteiger partial charge in [0.15, 0.2) is 4.80 Å². The van der Waals surface area contributed by atoms with Gasteiger partial charge in [0.1, 0.15) is 0 Å². The van der Waals surface area contributed by atoms with E-state index in [4.69, 9.17) is 11.6 Å². The van der Waals surface area contributed by atoms with Crippen LogP contribution in [0, 0.1) is 6.92 Å². The lowest BCUT2D eigenvalue weighted by Crippen LogP contribution is -2.26. The van der Waals surface area contributed by atoms with E-state index in [1.807, 2.05) is 60.9 Å². The van der Waals surface area contributed by atoms with Crippen molar-refractivity contribution in [3.8, 4) is 0 Å². The van der Waals surface area contributed by atoms with Crippen molar-refractivity contribution in [2.24, 2.45) is 4.99 Å². The fourth-order valence-electron chi connectivity index (χ4n) is 3.78. The number of fused-ring (bicyclic) bond motifs is 1. The Bertz CT molecular complexity index is 1520. The average molecular weight is 514 g/mol. The quantitative estimate of drug-likeness (QED) is 0.353. The maximum atomic E-state index is 13.0. The van der Waals surface area contributed by atoms with E-state index in [0.29, 0.717) is 21.9 Å². The lowest BCUT2D eigenvalue weighted by atomic mass is 10.2. The Hall–Kier alpha value is -2.78. The van der Waals surface area contributed by atoms with Gasteiger partial charge >= 0.3 is 0 Å². The zero-order valence-electron chi connectivity index (χ0n) is 19.0. The van der Waals surface area contributed by atoms with Crippen molar-refractivity contribution in [3.05, 3.63) is 93.2 Å². The van der Waals surface area contributed by atoms with Crippen LogP contribution in [0.5, 0.6) is 0 Å². The van der Waals surface area contributed by atoms with Crippen molar-refractivity contribution < 1.29 is 13.2 Å². The second-order valence-corrected chi connectivity index (χ2v) is 11.4. The van der Waals surface area contributed by atoms with Crippen molar-refractivity contribution in [2.75, 3.05) is 7.05 Å². The summed E-state index contributed by atoms with van der Waals surface area (Å²) in [6, 6.07) is 19.0. The van der Waals surface area contributed by atoms with Crippen LogP contribution in [0.25, 0.3) is 10.2 Å². The number of sulfonamides is 1. The highest BCUT2D eigenvalue weighted by atomic mass is 35.5. The molecule has 0 atom stereocenters. The molecular formula is C25H24ClN3O3S2. The smallest absolute Gasteiger partial charge is 0.279 e. The van der Waals surface area contributed by atoms with Crippen LogP contribution in [0.2, 0.25) is 5.02 Å². The maximum absolute atomic E-state index is 13.0. The first-order valence-electron chi connectivity index (χ1n) is 10.7. The zero-order chi connectivity index (χ0) is 24.5. The Morgan fingerprint density at radius 2 is 1.76 bits per heavy atom. The van der Waals surface area contributed by atoms with Crippen LogP contribution < -0.4 is 4.80 Å². The molecule has 0 fully saturated rings. The lowest BCUT2D eigenvalue weighted by Gasteiger charge is -2.17. The predicted octanol–water partition coefficient (Wildman–Crippen LogP) is 5.25. The van der Waals surface area contributed by atoms with Crippen LogP contribution in [-0.2, 0) is 23.1 Å². The molecule has 0 N–H and O–H groups in total. The summed E-state index contributed by atoms with van der Waals surface area (Å²) in [4.78, 5) is 17.9. The van der Waals surface area contributed by atoms with Gasteiger partial charge in [-0.05, 0) is 61.4 Å². The Labute approximate surface area is 207 Å². The number of rotatable bonds is 6. The zero-order valence-corrected chi connectivity index (χ0v) is 21.4. The third-order valence-corrected chi connectivity index (χ3v) is 8.56.